The number of hydrogen-bond acceptors (Lipinski definition) is 6. The number of rotatable bonds is 19. The highest BCUT2D eigenvalue weighted by molar-refractivity contribution is 6.30. The van der Waals surface area contributed by atoms with Crippen molar-refractivity contribution < 1.29 is 8.83 Å². The highest BCUT2D eigenvalue weighted by atomic mass is 16.3. The highest BCUT2D eigenvalue weighted by Crippen LogP contribution is 2.54. The summed E-state index contributed by atoms with van der Waals surface area (Å²) in [7, 11) is 0. The Morgan fingerprint density at radius 1 is 0.179 bits per heavy atom. The molecule has 6 heterocycles. The van der Waals surface area contributed by atoms with E-state index in [4.69, 9.17) is 8.83 Å². The first kappa shape index (κ1) is 82.9. The van der Waals surface area contributed by atoms with Crippen LogP contribution >= 0.6 is 0 Å². The number of anilines is 12. The SMILES string of the molecule is CC(C)(C)c1ccc(N(c2cccc(-c3ccc(-c4cccc(-c5ccc(N(c6ccc(-c7ccccc7)cc6)c6ccc7c(c6)c6cccc8c9oc%10cc(N(c%11ccc(-c%12ccccc%12)cc%11)c%11ccc(-c%12ccccc%12)cc%11)ccc%10c9n7c68)cc5)c4)cc3)c2)c2ccc3c(c2)oc2c4ccc(N(c5ccc(C(C)(C)C)cc5)c5cccc(-c6ccccc6)c5)c5c6ccccc6n(c32)c45)cc1. The number of hydrogen-bond donors (Lipinski definition) is 0. The van der Waals surface area contributed by atoms with Gasteiger partial charge in [-0.15, -0.1) is 0 Å². The van der Waals surface area contributed by atoms with Crippen LogP contribution in [-0.2, 0) is 10.8 Å². The van der Waals surface area contributed by atoms with Crippen LogP contribution in [0.15, 0.2) is 482 Å². The molecule has 666 valence electrons. The third-order valence-electron chi connectivity index (χ3n) is 28.7. The number of furan rings is 2. The van der Waals surface area contributed by atoms with Gasteiger partial charge in [-0.1, -0.05) is 333 Å². The van der Waals surface area contributed by atoms with Gasteiger partial charge in [0.1, 0.15) is 22.2 Å². The molecule has 0 saturated heterocycles. The van der Waals surface area contributed by atoms with E-state index in [2.05, 4.69) is 543 Å². The highest BCUT2D eigenvalue weighted by Gasteiger charge is 2.31. The first-order valence-corrected chi connectivity index (χ1v) is 48.4. The minimum absolute atomic E-state index is 0.00346. The molecular formula is C132H96N6O2. The third-order valence-corrected chi connectivity index (χ3v) is 28.7. The van der Waals surface area contributed by atoms with Crippen molar-refractivity contribution in [1.29, 1.82) is 0 Å². The topological polar surface area (TPSA) is 48.1 Å². The summed E-state index contributed by atoms with van der Waals surface area (Å²) in [6, 6.07) is 173. The standard InChI is InChI=1S/C132H96N6O2/c1-131(2,3)99-55-67-105(68-56-99)135(111-72-75-115-123(84-111)140-130-117-76-78-121(124-113-39-19-20-42-119(113)138(126(117)124)128(115)130)136(106-69-57-100(58-70-106)132(4,5)6)108-38-23-35-97(81-108)88-31-17-10-18-32-88)107-37-22-36-98(80-107)93-45-43-92(44-46-93)95-33-21-34-96(79-95)94-53-65-102(66-54-94)133(101-59-47-89(48-60-101)85-25-11-7-12-26-85)109-73-77-120-118(82-109)112-40-24-41-116-125(112)137(120)127-114-74-71-110(83-122(114)139-129(116)127)134(103-61-49-90(50-62-103)86-27-13-8-14-28-86)104-63-51-91(52-64-104)87-29-15-9-16-30-87/h7-84H,1-6H3. The quantitative estimate of drug-likeness (QED) is 0.0804. The molecule has 0 aliphatic carbocycles. The Bertz CT molecular complexity index is 9110. The van der Waals surface area contributed by atoms with Gasteiger partial charge in [0, 0.05) is 118 Å². The van der Waals surface area contributed by atoms with E-state index in [1.807, 2.05) is 0 Å². The molecule has 0 amide bonds. The van der Waals surface area contributed by atoms with E-state index in [1.165, 1.54) is 49.5 Å². The zero-order valence-corrected chi connectivity index (χ0v) is 78.5. The number of benzene rings is 20. The second-order valence-electron chi connectivity index (χ2n) is 39.2. The van der Waals surface area contributed by atoms with Gasteiger partial charge in [-0.05, 0) is 270 Å². The molecule has 0 spiro atoms. The summed E-state index contributed by atoms with van der Waals surface area (Å²) in [4.78, 5) is 9.56. The lowest BCUT2D eigenvalue weighted by Gasteiger charge is -2.28. The fourth-order valence-electron chi connectivity index (χ4n) is 21.6. The van der Waals surface area contributed by atoms with Crippen LogP contribution < -0.4 is 19.6 Å². The van der Waals surface area contributed by atoms with Gasteiger partial charge in [-0.25, -0.2) is 0 Å². The molecule has 0 bridgehead atoms. The summed E-state index contributed by atoms with van der Waals surface area (Å²) < 4.78 is 19.4. The van der Waals surface area contributed by atoms with Crippen LogP contribution in [0.5, 0.6) is 0 Å². The summed E-state index contributed by atoms with van der Waals surface area (Å²) in [5.41, 5.74) is 41.3. The van der Waals surface area contributed by atoms with E-state index < -0.39 is 0 Å². The van der Waals surface area contributed by atoms with Crippen molar-refractivity contribution in [1.82, 2.24) is 8.80 Å². The Hall–Kier alpha value is -17.7. The van der Waals surface area contributed by atoms with Gasteiger partial charge in [0.2, 0.25) is 0 Å². The first-order valence-electron chi connectivity index (χ1n) is 48.4. The van der Waals surface area contributed by atoms with E-state index >= 15 is 0 Å². The normalized spacial score (nSPS) is 12.1. The molecule has 0 N–H and O–H groups in total. The van der Waals surface area contributed by atoms with Crippen LogP contribution in [-0.4, -0.2) is 8.80 Å². The molecule has 0 aliphatic heterocycles. The van der Waals surface area contributed by atoms with Crippen molar-refractivity contribution in [2.75, 3.05) is 19.6 Å². The predicted molar refractivity (Wildman–Crippen MR) is 589 cm³/mol. The van der Waals surface area contributed by atoms with Gasteiger partial charge < -0.3 is 37.2 Å². The van der Waals surface area contributed by atoms with Gasteiger partial charge in [0.15, 0.2) is 11.2 Å². The Labute approximate surface area is 812 Å². The molecule has 8 heteroatoms. The maximum atomic E-state index is 7.33. The molecule has 0 radical (unpaired) electrons. The van der Waals surface area contributed by atoms with Crippen molar-refractivity contribution >= 4 is 167 Å². The summed E-state index contributed by atoms with van der Waals surface area (Å²) in [6.45, 7) is 13.7. The number of fused-ring (bicyclic) bond motifs is 16. The Morgan fingerprint density at radius 2 is 0.464 bits per heavy atom. The van der Waals surface area contributed by atoms with Crippen molar-refractivity contribution in [2.45, 2.75) is 52.4 Å². The van der Waals surface area contributed by atoms with Crippen LogP contribution in [0, 0.1) is 0 Å². The van der Waals surface area contributed by atoms with Crippen molar-refractivity contribution in [3.63, 3.8) is 0 Å². The molecule has 6 aromatic heterocycles. The fraction of sp³-hybridized carbons (Fsp3) is 0.0606. The van der Waals surface area contributed by atoms with Crippen LogP contribution in [0.2, 0.25) is 0 Å². The molecule has 26 rings (SSSR count). The minimum Gasteiger partial charge on any atom is -0.454 e. The maximum Gasteiger partial charge on any atom is 0.161 e. The number of nitrogens with zero attached hydrogens (tertiary/aromatic N) is 6. The molecule has 140 heavy (non-hydrogen) atoms. The first-order chi connectivity index (χ1) is 68.7. The molecule has 0 fully saturated rings. The van der Waals surface area contributed by atoms with E-state index in [0.29, 0.717) is 0 Å². The lowest BCUT2D eigenvalue weighted by atomic mass is 9.87. The summed E-state index contributed by atoms with van der Waals surface area (Å²) in [6.07, 6.45) is 0. The largest absolute Gasteiger partial charge is 0.454 e. The smallest absolute Gasteiger partial charge is 0.161 e. The average molecular weight is 1800 g/mol. The molecule has 0 aliphatic rings. The molecule has 8 nitrogen and oxygen atoms in total. The molecular weight excluding hydrogens is 1700 g/mol. The Kier molecular flexibility index (Phi) is 19.6. The summed E-state index contributed by atoms with van der Waals surface area (Å²) >= 11 is 0. The Balaban J connectivity index is 0.513. The van der Waals surface area contributed by atoms with Crippen molar-refractivity contribution in [2.24, 2.45) is 0 Å². The zero-order valence-electron chi connectivity index (χ0n) is 78.5. The molecule has 0 saturated carbocycles. The van der Waals surface area contributed by atoms with Crippen LogP contribution in [0.4, 0.5) is 68.2 Å². The lowest BCUT2D eigenvalue weighted by molar-refractivity contribution is 0.590. The van der Waals surface area contributed by atoms with E-state index in [0.717, 1.165) is 206 Å². The van der Waals surface area contributed by atoms with Crippen LogP contribution in [0.3, 0.4) is 0 Å². The van der Waals surface area contributed by atoms with Gasteiger partial charge in [-0.3, -0.25) is 0 Å². The zero-order chi connectivity index (χ0) is 93.6. The second-order valence-corrected chi connectivity index (χ2v) is 39.2. The number of para-hydroxylation sites is 2. The van der Waals surface area contributed by atoms with Gasteiger partial charge in [-0.2, -0.15) is 0 Å². The predicted octanol–water partition coefficient (Wildman–Crippen LogP) is 37.6. The maximum absolute atomic E-state index is 7.33. The summed E-state index contributed by atoms with van der Waals surface area (Å²) in [5.74, 6) is 0. The van der Waals surface area contributed by atoms with Gasteiger partial charge in [0.25, 0.3) is 0 Å². The van der Waals surface area contributed by atoms with Crippen molar-refractivity contribution in [3.05, 3.63) is 484 Å². The lowest BCUT2D eigenvalue weighted by Crippen LogP contribution is -2.13. The van der Waals surface area contributed by atoms with Crippen LogP contribution in [0.25, 0.3) is 176 Å². The van der Waals surface area contributed by atoms with Crippen molar-refractivity contribution in [3.8, 4) is 77.9 Å². The Morgan fingerprint density at radius 3 is 0.914 bits per heavy atom. The summed E-state index contributed by atoms with van der Waals surface area (Å²) in [5, 5.41) is 8.96. The fourth-order valence-corrected chi connectivity index (χ4v) is 21.6. The van der Waals surface area contributed by atoms with Gasteiger partial charge in [0.05, 0.1) is 27.8 Å². The molecule has 26 aromatic rings. The van der Waals surface area contributed by atoms with E-state index in [-0.39, 0.29) is 10.8 Å². The molecule has 0 unspecified atom stereocenters. The van der Waals surface area contributed by atoms with Crippen LogP contribution in [0.1, 0.15) is 52.7 Å². The average Bonchev–Trinajstić information content (AvgIpc) is 1.51. The number of aromatic nitrogens is 2. The van der Waals surface area contributed by atoms with Gasteiger partial charge >= 0.3 is 0 Å². The third kappa shape index (κ3) is 14.2. The molecule has 0 atom stereocenters. The minimum atomic E-state index is -0.0320. The molecule has 20 aromatic carbocycles. The monoisotopic (exact) mass is 1800 g/mol. The van der Waals surface area contributed by atoms with E-state index in [9.17, 15) is 0 Å². The van der Waals surface area contributed by atoms with E-state index in [1.54, 1.807) is 0 Å². The second kappa shape index (κ2) is 33.1.